The number of rotatable bonds is 8. The molecule has 1 heterocycles. The highest BCUT2D eigenvalue weighted by molar-refractivity contribution is 8.18. The summed E-state index contributed by atoms with van der Waals surface area (Å²) < 4.78 is 11.2. The first-order chi connectivity index (χ1) is 15.3. The van der Waals surface area contributed by atoms with Gasteiger partial charge in [0.05, 0.1) is 17.2 Å². The molecule has 2 N–H and O–H groups in total. The van der Waals surface area contributed by atoms with Crippen molar-refractivity contribution in [3.05, 3.63) is 58.0 Å². The van der Waals surface area contributed by atoms with Crippen LogP contribution >= 0.6 is 11.8 Å². The summed E-state index contributed by atoms with van der Waals surface area (Å²) in [6.07, 6.45) is 1.11. The van der Waals surface area contributed by atoms with E-state index in [1.807, 2.05) is 39.0 Å². The van der Waals surface area contributed by atoms with Crippen molar-refractivity contribution in [3.8, 4) is 11.5 Å². The molecule has 0 aromatic heterocycles. The third-order valence-corrected chi connectivity index (χ3v) is 5.62. The fourth-order valence-corrected chi connectivity index (χ4v) is 3.95. The van der Waals surface area contributed by atoms with Gasteiger partial charge in [-0.1, -0.05) is 30.7 Å². The highest BCUT2D eigenvalue weighted by Crippen LogP contribution is 2.33. The first-order valence-electron chi connectivity index (χ1n) is 10.3. The fraction of sp³-hybridized carbons (Fsp3) is 0.292. The van der Waals surface area contributed by atoms with Gasteiger partial charge < -0.3 is 19.9 Å². The van der Waals surface area contributed by atoms with Crippen molar-refractivity contribution in [2.45, 2.75) is 40.2 Å². The minimum atomic E-state index is -1.03. The van der Waals surface area contributed by atoms with Gasteiger partial charge in [-0.05, 0) is 74.4 Å². The van der Waals surface area contributed by atoms with E-state index < -0.39 is 12.1 Å². The van der Waals surface area contributed by atoms with E-state index in [4.69, 9.17) is 9.47 Å². The number of carboxylic acid groups (broad SMARTS) is 1. The number of thioether (sulfide) groups is 1. The molecule has 7 nitrogen and oxygen atoms in total. The average Bonchev–Trinajstić information content (AvgIpc) is 3.08. The molecular formula is C24H26N2O5S. The number of aryl methyl sites for hydroxylation is 2. The van der Waals surface area contributed by atoms with Crippen LogP contribution in [-0.2, 0) is 9.59 Å². The first kappa shape index (κ1) is 23.4. The molecule has 32 heavy (non-hydrogen) atoms. The van der Waals surface area contributed by atoms with E-state index in [1.54, 1.807) is 31.2 Å². The first-order valence-corrected chi connectivity index (χ1v) is 11.2. The predicted octanol–water partition coefficient (Wildman–Crippen LogP) is 4.84. The number of carbonyl (C=O) groups excluding carboxylic acids is 1. The van der Waals surface area contributed by atoms with Crippen molar-refractivity contribution in [1.29, 1.82) is 0 Å². The van der Waals surface area contributed by atoms with Gasteiger partial charge in [0.15, 0.2) is 22.8 Å². The van der Waals surface area contributed by atoms with E-state index >= 15 is 0 Å². The van der Waals surface area contributed by atoms with Crippen molar-refractivity contribution in [2.24, 2.45) is 4.99 Å². The third kappa shape index (κ3) is 5.70. The summed E-state index contributed by atoms with van der Waals surface area (Å²) >= 11 is 1.26. The van der Waals surface area contributed by atoms with Crippen LogP contribution in [0.25, 0.3) is 6.08 Å². The highest BCUT2D eigenvalue weighted by atomic mass is 32.2. The monoisotopic (exact) mass is 454 g/mol. The molecular weight excluding hydrogens is 428 g/mol. The predicted molar refractivity (Wildman–Crippen MR) is 127 cm³/mol. The molecule has 0 saturated carbocycles. The molecule has 0 bridgehead atoms. The van der Waals surface area contributed by atoms with Crippen LogP contribution in [0.4, 0.5) is 5.69 Å². The lowest BCUT2D eigenvalue weighted by atomic mass is 10.1. The molecule has 1 fully saturated rings. The molecule has 1 amide bonds. The quantitative estimate of drug-likeness (QED) is 0.554. The number of amides is 1. The van der Waals surface area contributed by atoms with Crippen LogP contribution in [0.15, 0.2) is 46.3 Å². The van der Waals surface area contributed by atoms with E-state index in [2.05, 4.69) is 10.3 Å². The Balaban J connectivity index is 1.84. The lowest BCUT2D eigenvalue weighted by molar-refractivity contribution is -0.145. The van der Waals surface area contributed by atoms with Gasteiger partial charge >= 0.3 is 5.97 Å². The van der Waals surface area contributed by atoms with Crippen molar-refractivity contribution in [3.63, 3.8) is 0 Å². The van der Waals surface area contributed by atoms with E-state index in [0.29, 0.717) is 34.6 Å². The van der Waals surface area contributed by atoms with Gasteiger partial charge in [0, 0.05) is 0 Å². The average molecular weight is 455 g/mol. The van der Waals surface area contributed by atoms with Gasteiger partial charge in [0.2, 0.25) is 0 Å². The third-order valence-electron chi connectivity index (χ3n) is 4.71. The zero-order valence-electron chi connectivity index (χ0n) is 18.5. The van der Waals surface area contributed by atoms with Crippen LogP contribution in [0.1, 0.15) is 37.0 Å². The Morgan fingerprint density at radius 3 is 2.62 bits per heavy atom. The van der Waals surface area contributed by atoms with Crippen molar-refractivity contribution in [2.75, 3.05) is 6.61 Å². The number of nitrogens with zero attached hydrogens (tertiary/aromatic N) is 1. The van der Waals surface area contributed by atoms with E-state index in [-0.39, 0.29) is 5.91 Å². The molecule has 3 rings (SSSR count). The van der Waals surface area contributed by atoms with Crippen LogP contribution < -0.4 is 14.8 Å². The molecule has 0 radical (unpaired) electrons. The maximum absolute atomic E-state index is 12.5. The molecule has 168 valence electrons. The van der Waals surface area contributed by atoms with E-state index in [1.165, 1.54) is 11.8 Å². The topological polar surface area (TPSA) is 97.2 Å². The van der Waals surface area contributed by atoms with Crippen molar-refractivity contribution >= 4 is 40.6 Å². The van der Waals surface area contributed by atoms with Crippen LogP contribution in [0, 0.1) is 13.8 Å². The molecule has 1 aliphatic heterocycles. The number of amidine groups is 1. The van der Waals surface area contributed by atoms with E-state index in [9.17, 15) is 14.7 Å². The maximum atomic E-state index is 12.5. The number of aliphatic imine (C=N–C) groups is 1. The second-order valence-corrected chi connectivity index (χ2v) is 8.29. The van der Waals surface area contributed by atoms with E-state index in [0.717, 1.165) is 22.4 Å². The number of benzene rings is 2. The van der Waals surface area contributed by atoms with Crippen LogP contribution in [0.5, 0.6) is 11.5 Å². The highest BCUT2D eigenvalue weighted by Gasteiger charge is 2.24. The molecule has 8 heteroatoms. The zero-order valence-corrected chi connectivity index (χ0v) is 19.3. The zero-order chi connectivity index (χ0) is 23.3. The van der Waals surface area contributed by atoms with Crippen LogP contribution in [-0.4, -0.2) is 34.9 Å². The van der Waals surface area contributed by atoms with Crippen LogP contribution in [0.3, 0.4) is 0 Å². The van der Waals surface area contributed by atoms with Crippen molar-refractivity contribution < 1.29 is 24.2 Å². The number of hydrogen-bond donors (Lipinski definition) is 2. The summed E-state index contributed by atoms with van der Waals surface area (Å²) in [6, 6.07) is 11.1. The Morgan fingerprint density at radius 1 is 1.19 bits per heavy atom. The smallest absolute Gasteiger partial charge is 0.344 e. The second-order valence-electron chi connectivity index (χ2n) is 7.26. The Hall–Kier alpha value is -3.26. The number of ether oxygens (including phenoxy) is 2. The van der Waals surface area contributed by atoms with Gasteiger partial charge in [0.25, 0.3) is 5.91 Å². The standard InChI is InChI=1S/C24H26N2O5S/c1-5-18(23(28)29)31-19-10-8-16(12-20(19)30-6-2)13-21-22(27)26-24(32-21)25-17-9-7-14(3)11-15(17)4/h7-13,18H,5-6H2,1-4H3,(H,28,29)(H,25,26,27)/b21-13+. The molecule has 1 atom stereocenters. The Kier molecular flexibility index (Phi) is 7.58. The summed E-state index contributed by atoms with van der Waals surface area (Å²) in [5.74, 6) is -0.484. The van der Waals surface area contributed by atoms with Gasteiger partial charge in [-0.25, -0.2) is 9.79 Å². The molecule has 1 saturated heterocycles. The Labute approximate surface area is 191 Å². The van der Waals surface area contributed by atoms with Gasteiger partial charge in [0.1, 0.15) is 0 Å². The van der Waals surface area contributed by atoms with Crippen molar-refractivity contribution in [1.82, 2.24) is 5.32 Å². The summed E-state index contributed by atoms with van der Waals surface area (Å²) in [6.45, 7) is 7.97. The van der Waals surface area contributed by atoms with Gasteiger partial charge in [-0.15, -0.1) is 0 Å². The minimum Gasteiger partial charge on any atom is -0.490 e. The SMILES string of the molecule is CCOc1cc(/C=C2/SC(=Nc3ccc(C)cc3C)NC2=O)ccc1OC(CC)C(=O)O. The number of aliphatic carboxylic acids is 1. The number of hydrogen-bond acceptors (Lipinski definition) is 6. The number of carbonyl (C=O) groups is 2. The molecule has 0 aliphatic carbocycles. The van der Waals surface area contributed by atoms with Crippen LogP contribution in [0.2, 0.25) is 0 Å². The summed E-state index contributed by atoms with van der Waals surface area (Å²) in [5, 5.41) is 12.6. The summed E-state index contributed by atoms with van der Waals surface area (Å²) in [4.78, 5) is 28.8. The maximum Gasteiger partial charge on any atom is 0.344 e. The molecule has 2 aromatic carbocycles. The number of nitrogens with one attached hydrogen (secondary N) is 1. The lowest BCUT2D eigenvalue weighted by Crippen LogP contribution is -2.26. The Morgan fingerprint density at radius 2 is 1.97 bits per heavy atom. The fourth-order valence-electron chi connectivity index (χ4n) is 3.11. The molecule has 2 aromatic rings. The summed E-state index contributed by atoms with van der Waals surface area (Å²) in [5.41, 5.74) is 3.73. The summed E-state index contributed by atoms with van der Waals surface area (Å²) in [7, 11) is 0. The van der Waals surface area contributed by atoms with Gasteiger partial charge in [-0.2, -0.15) is 0 Å². The minimum absolute atomic E-state index is 0.228. The normalized spacial score (nSPS) is 16.8. The lowest BCUT2D eigenvalue weighted by Gasteiger charge is -2.16. The molecule has 0 spiro atoms. The largest absolute Gasteiger partial charge is 0.490 e. The second kappa shape index (κ2) is 10.4. The Bertz CT molecular complexity index is 1090. The molecule has 1 aliphatic rings. The number of carboxylic acids is 1. The van der Waals surface area contributed by atoms with Gasteiger partial charge in [-0.3, -0.25) is 4.79 Å². The molecule has 1 unspecified atom stereocenters.